The van der Waals surface area contributed by atoms with Gasteiger partial charge in [-0.1, -0.05) is 12.8 Å². The SMILES string of the molecule is CC1(CNCC(=O)NC2CCCC2)CCCO1. The van der Waals surface area contributed by atoms with Crippen molar-refractivity contribution in [2.24, 2.45) is 0 Å². The molecule has 1 unspecified atom stereocenters. The maximum Gasteiger partial charge on any atom is 0.234 e. The van der Waals surface area contributed by atoms with Crippen LogP contribution < -0.4 is 10.6 Å². The molecule has 1 atom stereocenters. The summed E-state index contributed by atoms with van der Waals surface area (Å²) in [5.74, 6) is 0.124. The molecule has 1 aliphatic carbocycles. The highest BCUT2D eigenvalue weighted by Gasteiger charge is 2.29. The van der Waals surface area contributed by atoms with Crippen LogP contribution in [-0.4, -0.2) is 37.2 Å². The lowest BCUT2D eigenvalue weighted by Gasteiger charge is -2.23. The summed E-state index contributed by atoms with van der Waals surface area (Å²) in [6.07, 6.45) is 7.02. The molecule has 2 aliphatic rings. The lowest BCUT2D eigenvalue weighted by Crippen LogP contribution is -2.44. The van der Waals surface area contributed by atoms with Gasteiger partial charge in [-0.3, -0.25) is 4.79 Å². The van der Waals surface area contributed by atoms with Gasteiger partial charge in [-0.25, -0.2) is 0 Å². The molecule has 2 fully saturated rings. The predicted molar refractivity (Wildman–Crippen MR) is 66.9 cm³/mol. The first-order valence-corrected chi connectivity index (χ1v) is 6.82. The molecule has 2 N–H and O–H groups in total. The fraction of sp³-hybridized carbons (Fsp3) is 0.923. The van der Waals surface area contributed by atoms with E-state index in [0.29, 0.717) is 12.6 Å². The Morgan fingerprint density at radius 1 is 1.35 bits per heavy atom. The van der Waals surface area contributed by atoms with Crippen LogP contribution in [0.1, 0.15) is 45.4 Å². The molecule has 17 heavy (non-hydrogen) atoms. The van der Waals surface area contributed by atoms with Crippen LogP contribution in [0.3, 0.4) is 0 Å². The van der Waals surface area contributed by atoms with Gasteiger partial charge in [0.1, 0.15) is 0 Å². The molecule has 2 rings (SSSR count). The van der Waals surface area contributed by atoms with Crippen molar-refractivity contribution < 1.29 is 9.53 Å². The maximum absolute atomic E-state index is 11.7. The Balaban J connectivity index is 1.59. The Morgan fingerprint density at radius 2 is 2.12 bits per heavy atom. The minimum absolute atomic E-state index is 0.0619. The Kier molecular flexibility index (Phi) is 4.40. The standard InChI is InChI=1S/C13H24N2O2/c1-13(7-4-8-17-13)10-14-9-12(16)15-11-5-2-3-6-11/h11,14H,2-10H2,1H3,(H,15,16). The first-order chi connectivity index (χ1) is 8.18. The minimum Gasteiger partial charge on any atom is -0.374 e. The van der Waals surface area contributed by atoms with Crippen LogP contribution in [0.25, 0.3) is 0 Å². The number of carbonyl (C=O) groups is 1. The lowest BCUT2D eigenvalue weighted by atomic mass is 10.0. The van der Waals surface area contributed by atoms with Gasteiger partial charge in [-0.2, -0.15) is 0 Å². The Bertz CT molecular complexity index is 256. The number of amides is 1. The van der Waals surface area contributed by atoms with Gasteiger partial charge in [0, 0.05) is 19.2 Å². The summed E-state index contributed by atoms with van der Waals surface area (Å²) in [6.45, 7) is 4.15. The van der Waals surface area contributed by atoms with Gasteiger partial charge >= 0.3 is 0 Å². The third-order valence-corrected chi connectivity index (χ3v) is 3.81. The van der Waals surface area contributed by atoms with E-state index in [1.807, 2.05) is 0 Å². The molecule has 1 amide bonds. The smallest absolute Gasteiger partial charge is 0.234 e. The van der Waals surface area contributed by atoms with Crippen molar-refractivity contribution in [3.63, 3.8) is 0 Å². The summed E-state index contributed by atoms with van der Waals surface area (Å²) in [4.78, 5) is 11.7. The summed E-state index contributed by atoms with van der Waals surface area (Å²) in [5.41, 5.74) is -0.0619. The summed E-state index contributed by atoms with van der Waals surface area (Å²) in [7, 11) is 0. The van der Waals surface area contributed by atoms with E-state index >= 15 is 0 Å². The van der Waals surface area contributed by atoms with Crippen molar-refractivity contribution in [2.75, 3.05) is 19.7 Å². The molecular formula is C13H24N2O2. The molecule has 0 aromatic heterocycles. The second-order valence-electron chi connectivity index (χ2n) is 5.55. The highest BCUT2D eigenvalue weighted by Crippen LogP contribution is 2.23. The molecule has 0 aromatic rings. The molecule has 0 bridgehead atoms. The van der Waals surface area contributed by atoms with E-state index in [-0.39, 0.29) is 11.5 Å². The first kappa shape index (κ1) is 12.8. The summed E-state index contributed by atoms with van der Waals surface area (Å²) in [6, 6.07) is 0.419. The van der Waals surface area contributed by atoms with E-state index in [1.54, 1.807) is 0 Å². The molecule has 1 saturated carbocycles. The molecule has 0 spiro atoms. The van der Waals surface area contributed by atoms with Crippen molar-refractivity contribution in [1.29, 1.82) is 0 Å². The van der Waals surface area contributed by atoms with Crippen LogP contribution >= 0.6 is 0 Å². The first-order valence-electron chi connectivity index (χ1n) is 6.82. The highest BCUT2D eigenvalue weighted by atomic mass is 16.5. The summed E-state index contributed by atoms with van der Waals surface area (Å²) in [5, 5.41) is 6.28. The number of hydrogen-bond acceptors (Lipinski definition) is 3. The molecule has 0 aromatic carbocycles. The second-order valence-corrected chi connectivity index (χ2v) is 5.55. The van der Waals surface area contributed by atoms with E-state index in [1.165, 1.54) is 12.8 Å². The average Bonchev–Trinajstić information content (AvgIpc) is 2.90. The van der Waals surface area contributed by atoms with Crippen molar-refractivity contribution in [2.45, 2.75) is 57.1 Å². The normalized spacial score (nSPS) is 29.7. The number of ether oxygens (including phenoxy) is 1. The molecule has 0 radical (unpaired) electrons. The largest absolute Gasteiger partial charge is 0.374 e. The molecule has 4 nitrogen and oxygen atoms in total. The van der Waals surface area contributed by atoms with Gasteiger partial charge in [0.15, 0.2) is 0 Å². The fourth-order valence-corrected chi connectivity index (χ4v) is 2.77. The monoisotopic (exact) mass is 240 g/mol. The van der Waals surface area contributed by atoms with E-state index in [0.717, 1.165) is 38.8 Å². The average molecular weight is 240 g/mol. The van der Waals surface area contributed by atoms with E-state index in [2.05, 4.69) is 17.6 Å². The van der Waals surface area contributed by atoms with Crippen LogP contribution in [0.15, 0.2) is 0 Å². The van der Waals surface area contributed by atoms with Crippen LogP contribution in [0.5, 0.6) is 0 Å². The quantitative estimate of drug-likeness (QED) is 0.759. The molecule has 1 saturated heterocycles. The molecule has 1 heterocycles. The summed E-state index contributed by atoms with van der Waals surface area (Å²) >= 11 is 0. The molecular weight excluding hydrogens is 216 g/mol. The van der Waals surface area contributed by atoms with Crippen molar-refractivity contribution in [1.82, 2.24) is 10.6 Å². The van der Waals surface area contributed by atoms with Crippen molar-refractivity contribution >= 4 is 5.91 Å². The fourth-order valence-electron chi connectivity index (χ4n) is 2.77. The highest BCUT2D eigenvalue weighted by molar-refractivity contribution is 5.78. The topological polar surface area (TPSA) is 50.4 Å². The van der Waals surface area contributed by atoms with Crippen LogP contribution in [0.2, 0.25) is 0 Å². The van der Waals surface area contributed by atoms with Gasteiger partial charge < -0.3 is 15.4 Å². The second kappa shape index (κ2) is 5.83. The van der Waals surface area contributed by atoms with Gasteiger partial charge in [-0.05, 0) is 32.6 Å². The van der Waals surface area contributed by atoms with E-state index in [4.69, 9.17) is 4.74 Å². The van der Waals surface area contributed by atoms with Gasteiger partial charge in [0.05, 0.1) is 12.1 Å². The zero-order valence-electron chi connectivity index (χ0n) is 10.8. The molecule has 98 valence electrons. The zero-order valence-corrected chi connectivity index (χ0v) is 10.8. The van der Waals surface area contributed by atoms with Gasteiger partial charge in [-0.15, -0.1) is 0 Å². The molecule has 1 aliphatic heterocycles. The Hall–Kier alpha value is -0.610. The summed E-state index contributed by atoms with van der Waals surface area (Å²) < 4.78 is 5.66. The van der Waals surface area contributed by atoms with E-state index < -0.39 is 0 Å². The Morgan fingerprint density at radius 3 is 2.76 bits per heavy atom. The number of carbonyl (C=O) groups excluding carboxylic acids is 1. The van der Waals surface area contributed by atoms with Crippen molar-refractivity contribution in [3.8, 4) is 0 Å². The molecule has 4 heteroatoms. The third-order valence-electron chi connectivity index (χ3n) is 3.81. The lowest BCUT2D eigenvalue weighted by molar-refractivity contribution is -0.121. The van der Waals surface area contributed by atoms with Crippen LogP contribution in [0.4, 0.5) is 0 Å². The van der Waals surface area contributed by atoms with Crippen molar-refractivity contribution in [3.05, 3.63) is 0 Å². The van der Waals surface area contributed by atoms with Crippen LogP contribution in [-0.2, 0) is 9.53 Å². The number of nitrogens with one attached hydrogen (secondary N) is 2. The number of hydrogen-bond donors (Lipinski definition) is 2. The minimum atomic E-state index is -0.0619. The van der Waals surface area contributed by atoms with Gasteiger partial charge in [0.2, 0.25) is 5.91 Å². The predicted octanol–water partition coefficient (Wildman–Crippen LogP) is 1.20. The maximum atomic E-state index is 11.7. The Labute approximate surface area is 103 Å². The third kappa shape index (κ3) is 3.96. The van der Waals surface area contributed by atoms with Crippen LogP contribution in [0, 0.1) is 0 Å². The van der Waals surface area contributed by atoms with Gasteiger partial charge in [0.25, 0.3) is 0 Å². The van der Waals surface area contributed by atoms with E-state index in [9.17, 15) is 4.79 Å². The zero-order chi connectivity index (χ0) is 12.1. The number of rotatable bonds is 5.